The van der Waals surface area contributed by atoms with Crippen molar-refractivity contribution in [2.24, 2.45) is 0 Å². The van der Waals surface area contributed by atoms with E-state index in [1.807, 2.05) is 6.07 Å². The van der Waals surface area contributed by atoms with Crippen LogP contribution < -0.4 is 20.3 Å². The Kier molecular flexibility index (Phi) is 3.91. The average molecular weight is 297 g/mol. The zero-order valence-electron chi connectivity index (χ0n) is 11.8. The highest BCUT2D eigenvalue weighted by atomic mass is 16.6. The van der Waals surface area contributed by atoms with E-state index in [0.717, 1.165) is 5.69 Å². The molecule has 0 spiro atoms. The first-order valence-corrected chi connectivity index (χ1v) is 6.92. The summed E-state index contributed by atoms with van der Waals surface area (Å²) in [6, 6.07) is 15.7. The van der Waals surface area contributed by atoms with Crippen molar-refractivity contribution < 1.29 is 14.3 Å². The van der Waals surface area contributed by atoms with Gasteiger partial charge < -0.3 is 10.1 Å². The fourth-order valence-corrected chi connectivity index (χ4v) is 2.18. The molecule has 22 heavy (non-hydrogen) atoms. The summed E-state index contributed by atoms with van der Waals surface area (Å²) in [5, 5.41) is 5.38. The molecule has 0 aromatic heterocycles. The molecule has 1 aliphatic rings. The average Bonchev–Trinajstić information content (AvgIpc) is 2.95. The quantitative estimate of drug-likeness (QED) is 0.915. The van der Waals surface area contributed by atoms with Gasteiger partial charge in [0.05, 0.1) is 0 Å². The largest absolute Gasteiger partial charge is 0.417 e. The molecule has 0 saturated carbocycles. The summed E-state index contributed by atoms with van der Waals surface area (Å²) >= 11 is 0. The number of ether oxygens (including phenoxy) is 1. The molecular formula is C16H15N3O3. The smallest absolute Gasteiger partial charge is 0.410 e. The van der Waals surface area contributed by atoms with Crippen LogP contribution in [0, 0.1) is 0 Å². The first-order valence-electron chi connectivity index (χ1n) is 6.92. The highest BCUT2D eigenvalue weighted by Crippen LogP contribution is 2.20. The van der Waals surface area contributed by atoms with E-state index in [4.69, 9.17) is 4.74 Å². The normalized spacial score (nSPS) is 13.6. The van der Waals surface area contributed by atoms with E-state index in [1.165, 1.54) is 0 Å². The molecule has 1 aliphatic heterocycles. The van der Waals surface area contributed by atoms with Crippen molar-refractivity contribution in [1.29, 1.82) is 0 Å². The van der Waals surface area contributed by atoms with Crippen molar-refractivity contribution in [3.63, 3.8) is 0 Å². The summed E-state index contributed by atoms with van der Waals surface area (Å²) in [7, 11) is 0. The Bertz CT molecular complexity index is 671. The van der Waals surface area contributed by atoms with Gasteiger partial charge in [0.1, 0.15) is 5.75 Å². The lowest BCUT2D eigenvalue weighted by molar-refractivity contribution is 0.215. The molecule has 6 heteroatoms. The van der Waals surface area contributed by atoms with Crippen LogP contribution >= 0.6 is 0 Å². The predicted octanol–water partition coefficient (Wildman–Crippen LogP) is 2.83. The third-order valence-corrected chi connectivity index (χ3v) is 3.24. The van der Waals surface area contributed by atoms with E-state index in [2.05, 4.69) is 10.6 Å². The monoisotopic (exact) mass is 297 g/mol. The number of amides is 3. The van der Waals surface area contributed by atoms with Gasteiger partial charge in [0, 0.05) is 24.5 Å². The van der Waals surface area contributed by atoms with Crippen molar-refractivity contribution in [1.82, 2.24) is 5.32 Å². The summed E-state index contributed by atoms with van der Waals surface area (Å²) in [4.78, 5) is 25.0. The summed E-state index contributed by atoms with van der Waals surface area (Å²) < 4.78 is 5.14. The van der Waals surface area contributed by atoms with E-state index >= 15 is 0 Å². The van der Waals surface area contributed by atoms with Gasteiger partial charge in [-0.25, -0.2) is 9.59 Å². The lowest BCUT2D eigenvalue weighted by atomic mass is 10.2. The van der Waals surface area contributed by atoms with E-state index in [-0.39, 0.29) is 6.03 Å². The molecule has 0 atom stereocenters. The number of anilines is 2. The van der Waals surface area contributed by atoms with Gasteiger partial charge in [0.25, 0.3) is 0 Å². The second-order valence-electron chi connectivity index (χ2n) is 4.76. The van der Waals surface area contributed by atoms with E-state index in [0.29, 0.717) is 24.5 Å². The van der Waals surface area contributed by atoms with Gasteiger partial charge in [-0.3, -0.25) is 10.2 Å². The number of nitrogens with zero attached hydrogens (tertiary/aromatic N) is 1. The van der Waals surface area contributed by atoms with Gasteiger partial charge in [0.15, 0.2) is 0 Å². The van der Waals surface area contributed by atoms with Crippen molar-refractivity contribution in [2.45, 2.75) is 0 Å². The lowest BCUT2D eigenvalue weighted by Gasteiger charge is -2.14. The highest BCUT2D eigenvalue weighted by Gasteiger charge is 2.20. The van der Waals surface area contributed by atoms with Crippen LogP contribution in [-0.4, -0.2) is 25.2 Å². The Balaban J connectivity index is 1.61. The Morgan fingerprint density at radius 3 is 2.45 bits per heavy atom. The van der Waals surface area contributed by atoms with Crippen molar-refractivity contribution >= 4 is 23.5 Å². The zero-order valence-corrected chi connectivity index (χ0v) is 11.8. The Morgan fingerprint density at radius 1 is 1.09 bits per heavy atom. The maximum atomic E-state index is 11.8. The van der Waals surface area contributed by atoms with Crippen LogP contribution in [0.15, 0.2) is 54.6 Å². The van der Waals surface area contributed by atoms with Crippen molar-refractivity contribution in [2.75, 3.05) is 23.3 Å². The first-order chi connectivity index (χ1) is 10.7. The molecule has 0 bridgehead atoms. The zero-order chi connectivity index (χ0) is 15.4. The summed E-state index contributed by atoms with van der Waals surface area (Å²) in [5.41, 5.74) is 1.39. The van der Waals surface area contributed by atoms with Crippen molar-refractivity contribution in [3.05, 3.63) is 54.6 Å². The summed E-state index contributed by atoms with van der Waals surface area (Å²) in [6.07, 6.45) is -0.558. The Labute approximate surface area is 127 Å². The van der Waals surface area contributed by atoms with Gasteiger partial charge >= 0.3 is 12.1 Å². The predicted molar refractivity (Wildman–Crippen MR) is 83.3 cm³/mol. The van der Waals surface area contributed by atoms with Crippen molar-refractivity contribution in [3.8, 4) is 5.75 Å². The van der Waals surface area contributed by atoms with Crippen LogP contribution in [0.2, 0.25) is 0 Å². The molecular weight excluding hydrogens is 282 g/mol. The number of carbonyl (C=O) groups is 2. The molecule has 0 unspecified atom stereocenters. The van der Waals surface area contributed by atoms with Crippen LogP contribution in [0.5, 0.6) is 5.75 Å². The minimum Gasteiger partial charge on any atom is -0.410 e. The number of para-hydroxylation sites is 1. The van der Waals surface area contributed by atoms with Crippen LogP contribution in [0.3, 0.4) is 0 Å². The Morgan fingerprint density at radius 2 is 1.82 bits per heavy atom. The fourth-order valence-electron chi connectivity index (χ4n) is 2.18. The molecule has 112 valence electrons. The molecule has 2 N–H and O–H groups in total. The topological polar surface area (TPSA) is 70.7 Å². The first kappa shape index (κ1) is 13.9. The fraction of sp³-hybridized carbons (Fsp3) is 0.125. The third-order valence-electron chi connectivity index (χ3n) is 3.24. The number of rotatable bonds is 3. The minimum atomic E-state index is -0.558. The van der Waals surface area contributed by atoms with Crippen LogP contribution in [0.4, 0.5) is 21.0 Å². The molecule has 6 nitrogen and oxygen atoms in total. The minimum absolute atomic E-state index is 0.107. The van der Waals surface area contributed by atoms with Gasteiger partial charge in [0.2, 0.25) is 0 Å². The standard InChI is InChI=1S/C16H15N3O3/c20-15-17-10-11-19(15)13-8-6-12(7-9-13)18-16(21)22-14-4-2-1-3-5-14/h1-9H,10-11H2,(H,17,20)(H,18,21). The second-order valence-corrected chi connectivity index (χ2v) is 4.76. The van der Waals surface area contributed by atoms with Gasteiger partial charge in [-0.15, -0.1) is 0 Å². The van der Waals surface area contributed by atoms with E-state index < -0.39 is 6.09 Å². The SMILES string of the molecule is O=C(Nc1ccc(N2CCNC2=O)cc1)Oc1ccccc1. The van der Waals surface area contributed by atoms with E-state index in [9.17, 15) is 9.59 Å². The molecule has 0 radical (unpaired) electrons. The lowest BCUT2D eigenvalue weighted by Crippen LogP contribution is -2.27. The van der Waals surface area contributed by atoms with Gasteiger partial charge in [-0.2, -0.15) is 0 Å². The summed E-state index contributed by atoms with van der Waals surface area (Å²) in [6.45, 7) is 1.28. The number of urea groups is 1. The van der Waals surface area contributed by atoms with Crippen LogP contribution in [-0.2, 0) is 0 Å². The molecule has 2 aromatic rings. The number of carbonyl (C=O) groups excluding carboxylic acids is 2. The molecule has 1 saturated heterocycles. The van der Waals surface area contributed by atoms with Crippen LogP contribution in [0.1, 0.15) is 0 Å². The maximum absolute atomic E-state index is 11.8. The Hall–Kier alpha value is -3.02. The molecule has 1 heterocycles. The van der Waals surface area contributed by atoms with Gasteiger partial charge in [-0.05, 0) is 36.4 Å². The molecule has 3 rings (SSSR count). The highest BCUT2D eigenvalue weighted by molar-refractivity contribution is 5.94. The summed E-state index contributed by atoms with van der Waals surface area (Å²) in [5.74, 6) is 0.477. The van der Waals surface area contributed by atoms with Crippen LogP contribution in [0.25, 0.3) is 0 Å². The molecule has 0 aliphatic carbocycles. The van der Waals surface area contributed by atoms with Gasteiger partial charge in [-0.1, -0.05) is 18.2 Å². The third kappa shape index (κ3) is 3.17. The number of hydrogen-bond donors (Lipinski definition) is 2. The van der Waals surface area contributed by atoms with E-state index in [1.54, 1.807) is 53.4 Å². The molecule has 2 aromatic carbocycles. The molecule has 1 fully saturated rings. The number of nitrogens with one attached hydrogen (secondary N) is 2. The number of benzene rings is 2. The maximum Gasteiger partial charge on any atom is 0.417 e. The number of hydrogen-bond acceptors (Lipinski definition) is 3. The molecule has 3 amide bonds. The second kappa shape index (κ2) is 6.17.